The van der Waals surface area contributed by atoms with Crippen LogP contribution in [-0.2, 0) is 6.54 Å². The van der Waals surface area contributed by atoms with E-state index in [9.17, 15) is 9.18 Å². The molecule has 0 aromatic heterocycles. The minimum atomic E-state index is -0.337. The Bertz CT molecular complexity index is 572. The summed E-state index contributed by atoms with van der Waals surface area (Å²) in [7, 11) is 0. The van der Waals surface area contributed by atoms with Crippen LogP contribution in [0.25, 0.3) is 0 Å². The summed E-state index contributed by atoms with van der Waals surface area (Å²) in [6.45, 7) is 1.30. The molecule has 0 saturated carbocycles. The molecule has 0 atom stereocenters. The first kappa shape index (κ1) is 15.0. The zero-order valence-electron chi connectivity index (χ0n) is 11.6. The second kappa shape index (κ2) is 7.40. The highest BCUT2D eigenvalue weighted by Gasteiger charge is 2.13. The van der Waals surface area contributed by atoms with Crippen molar-refractivity contribution < 1.29 is 9.18 Å². The first-order valence-corrected chi connectivity index (χ1v) is 6.74. The van der Waals surface area contributed by atoms with Gasteiger partial charge in [0.05, 0.1) is 0 Å². The van der Waals surface area contributed by atoms with E-state index in [4.69, 9.17) is 5.73 Å². The first-order valence-electron chi connectivity index (χ1n) is 6.74. The molecule has 2 aromatic carbocycles. The monoisotopic (exact) mass is 287 g/mol. The van der Waals surface area contributed by atoms with E-state index in [1.165, 1.54) is 24.3 Å². The van der Waals surface area contributed by atoms with Gasteiger partial charge in [0.1, 0.15) is 5.82 Å². The van der Waals surface area contributed by atoms with Gasteiger partial charge >= 0.3 is 6.03 Å². The number of hydrogen-bond donors (Lipinski definition) is 2. The van der Waals surface area contributed by atoms with Gasteiger partial charge in [-0.25, -0.2) is 9.18 Å². The maximum atomic E-state index is 12.9. The third-order valence-corrected chi connectivity index (χ3v) is 3.00. The normalized spacial score (nSPS) is 10.2. The van der Waals surface area contributed by atoms with Gasteiger partial charge in [0, 0.05) is 25.3 Å². The minimum Gasteiger partial charge on any atom is -0.329 e. The van der Waals surface area contributed by atoms with Crippen LogP contribution in [0.1, 0.15) is 5.56 Å². The highest BCUT2D eigenvalue weighted by Crippen LogP contribution is 2.11. The van der Waals surface area contributed by atoms with Crippen molar-refractivity contribution in [2.24, 2.45) is 5.73 Å². The third-order valence-electron chi connectivity index (χ3n) is 3.00. The Labute approximate surface area is 123 Å². The molecule has 110 valence electrons. The number of benzene rings is 2. The Morgan fingerprint density at radius 3 is 2.38 bits per heavy atom. The summed E-state index contributed by atoms with van der Waals surface area (Å²) in [5.74, 6) is -0.337. The first-order chi connectivity index (χ1) is 10.2. The van der Waals surface area contributed by atoms with Crippen LogP contribution in [0.5, 0.6) is 0 Å². The minimum absolute atomic E-state index is 0.254. The zero-order chi connectivity index (χ0) is 15.1. The van der Waals surface area contributed by atoms with Gasteiger partial charge in [0.15, 0.2) is 0 Å². The summed E-state index contributed by atoms with van der Waals surface area (Å²) < 4.78 is 12.9. The van der Waals surface area contributed by atoms with E-state index in [1.807, 2.05) is 30.3 Å². The van der Waals surface area contributed by atoms with Crippen LogP contribution < -0.4 is 11.1 Å². The number of amides is 2. The summed E-state index contributed by atoms with van der Waals surface area (Å²) in [6, 6.07) is 15.1. The van der Waals surface area contributed by atoms with Crippen molar-refractivity contribution in [1.29, 1.82) is 0 Å². The number of nitrogens with zero attached hydrogens (tertiary/aromatic N) is 1. The lowest BCUT2D eigenvalue weighted by Gasteiger charge is -2.22. The fourth-order valence-corrected chi connectivity index (χ4v) is 1.95. The summed E-state index contributed by atoms with van der Waals surface area (Å²) in [6.07, 6.45) is 0. The Hall–Kier alpha value is -2.40. The van der Waals surface area contributed by atoms with E-state index in [1.54, 1.807) is 4.90 Å². The van der Waals surface area contributed by atoms with Gasteiger partial charge in [-0.15, -0.1) is 0 Å². The van der Waals surface area contributed by atoms with Gasteiger partial charge in [-0.1, -0.05) is 30.3 Å². The maximum Gasteiger partial charge on any atom is 0.322 e. The summed E-state index contributed by atoms with van der Waals surface area (Å²) in [4.78, 5) is 13.9. The molecular weight excluding hydrogens is 269 g/mol. The second-order valence-electron chi connectivity index (χ2n) is 4.63. The predicted molar refractivity (Wildman–Crippen MR) is 81.3 cm³/mol. The van der Waals surface area contributed by atoms with Crippen molar-refractivity contribution in [2.75, 3.05) is 18.4 Å². The van der Waals surface area contributed by atoms with Crippen LogP contribution in [0.3, 0.4) is 0 Å². The van der Waals surface area contributed by atoms with Crippen molar-refractivity contribution in [2.45, 2.75) is 6.54 Å². The van der Waals surface area contributed by atoms with Gasteiger partial charge in [-0.05, 0) is 29.8 Å². The van der Waals surface area contributed by atoms with E-state index >= 15 is 0 Å². The average Bonchev–Trinajstić information content (AvgIpc) is 2.50. The van der Waals surface area contributed by atoms with E-state index < -0.39 is 0 Å². The van der Waals surface area contributed by atoms with Crippen LogP contribution in [0.15, 0.2) is 54.6 Å². The Balaban J connectivity index is 2.03. The topological polar surface area (TPSA) is 58.4 Å². The average molecular weight is 287 g/mol. The largest absolute Gasteiger partial charge is 0.329 e. The van der Waals surface area contributed by atoms with Gasteiger partial charge in [-0.2, -0.15) is 0 Å². The molecule has 3 N–H and O–H groups in total. The van der Waals surface area contributed by atoms with Crippen molar-refractivity contribution >= 4 is 11.7 Å². The molecule has 2 amide bonds. The molecule has 21 heavy (non-hydrogen) atoms. The van der Waals surface area contributed by atoms with Gasteiger partial charge in [-0.3, -0.25) is 0 Å². The molecule has 0 aliphatic heterocycles. The molecule has 0 bridgehead atoms. The number of anilines is 1. The molecule has 0 fully saturated rings. The molecule has 0 saturated heterocycles. The standard InChI is InChI=1S/C16H18FN3O/c17-14-6-8-15(9-7-14)19-16(21)20(11-10-18)12-13-4-2-1-3-5-13/h1-9H,10-12,18H2,(H,19,21). The van der Waals surface area contributed by atoms with Crippen LogP contribution in [0, 0.1) is 5.82 Å². The quantitative estimate of drug-likeness (QED) is 0.888. The number of nitrogens with one attached hydrogen (secondary N) is 1. The van der Waals surface area contributed by atoms with E-state index in [2.05, 4.69) is 5.32 Å². The fraction of sp³-hybridized carbons (Fsp3) is 0.188. The zero-order valence-corrected chi connectivity index (χ0v) is 11.6. The number of carbonyl (C=O) groups excluding carboxylic acids is 1. The lowest BCUT2D eigenvalue weighted by molar-refractivity contribution is 0.210. The van der Waals surface area contributed by atoms with Gasteiger partial charge in [0.2, 0.25) is 0 Å². The molecule has 0 aliphatic carbocycles. The van der Waals surface area contributed by atoms with Crippen molar-refractivity contribution in [3.63, 3.8) is 0 Å². The number of nitrogens with two attached hydrogens (primary N) is 1. The number of urea groups is 1. The summed E-state index contributed by atoms with van der Waals surface area (Å²) in [5, 5.41) is 2.74. The highest BCUT2D eigenvalue weighted by atomic mass is 19.1. The Morgan fingerprint density at radius 1 is 1.10 bits per heavy atom. The van der Waals surface area contributed by atoms with E-state index in [0.29, 0.717) is 25.3 Å². The third kappa shape index (κ3) is 4.57. The number of carbonyl (C=O) groups is 1. The van der Waals surface area contributed by atoms with E-state index in [0.717, 1.165) is 5.56 Å². The van der Waals surface area contributed by atoms with Crippen molar-refractivity contribution in [3.05, 3.63) is 66.0 Å². The summed E-state index contributed by atoms with van der Waals surface area (Å²) >= 11 is 0. The Morgan fingerprint density at radius 2 is 1.76 bits per heavy atom. The second-order valence-corrected chi connectivity index (χ2v) is 4.63. The predicted octanol–water partition coefficient (Wildman–Crippen LogP) is 2.82. The number of hydrogen-bond acceptors (Lipinski definition) is 2. The SMILES string of the molecule is NCCN(Cc1ccccc1)C(=O)Nc1ccc(F)cc1. The lowest BCUT2D eigenvalue weighted by Crippen LogP contribution is -2.37. The van der Waals surface area contributed by atoms with Crippen LogP contribution in [-0.4, -0.2) is 24.0 Å². The fourth-order valence-electron chi connectivity index (χ4n) is 1.95. The van der Waals surface area contributed by atoms with Gasteiger partial charge < -0.3 is 16.0 Å². The molecule has 4 nitrogen and oxygen atoms in total. The maximum absolute atomic E-state index is 12.9. The summed E-state index contributed by atoms with van der Waals surface area (Å²) in [5.41, 5.74) is 7.14. The molecule has 0 heterocycles. The van der Waals surface area contributed by atoms with Crippen LogP contribution in [0.2, 0.25) is 0 Å². The molecule has 2 aromatic rings. The van der Waals surface area contributed by atoms with Crippen LogP contribution >= 0.6 is 0 Å². The molecule has 0 spiro atoms. The lowest BCUT2D eigenvalue weighted by atomic mass is 10.2. The van der Waals surface area contributed by atoms with E-state index in [-0.39, 0.29) is 11.8 Å². The molecule has 0 aliphatic rings. The smallest absolute Gasteiger partial charge is 0.322 e. The molecule has 0 unspecified atom stereocenters. The molecular formula is C16H18FN3O. The van der Waals surface area contributed by atoms with Crippen molar-refractivity contribution in [3.8, 4) is 0 Å². The van der Waals surface area contributed by atoms with Gasteiger partial charge in [0.25, 0.3) is 0 Å². The number of halogens is 1. The molecule has 5 heteroatoms. The van der Waals surface area contributed by atoms with Crippen LogP contribution in [0.4, 0.5) is 14.9 Å². The van der Waals surface area contributed by atoms with Crippen molar-refractivity contribution in [1.82, 2.24) is 4.90 Å². The molecule has 2 rings (SSSR count). The highest BCUT2D eigenvalue weighted by molar-refractivity contribution is 5.89. The Kier molecular flexibility index (Phi) is 5.29. The number of rotatable bonds is 5. The molecule has 0 radical (unpaired) electrons.